The number of ether oxygens (including phenoxy) is 2. The molecule has 2 aliphatic rings. The Hall–Kier alpha value is -2.52. The molecular weight excluding hydrogens is 420 g/mol. The van der Waals surface area contributed by atoms with Crippen LogP contribution in [0.5, 0.6) is 11.5 Å². The van der Waals surface area contributed by atoms with E-state index in [1.807, 2.05) is 18.2 Å². The van der Waals surface area contributed by atoms with Gasteiger partial charge in [0.15, 0.2) is 16.7 Å². The van der Waals surface area contributed by atoms with E-state index in [0.717, 1.165) is 57.5 Å². The second kappa shape index (κ2) is 6.75. The monoisotopic (exact) mass is 440 g/mol. The van der Waals surface area contributed by atoms with Crippen LogP contribution < -0.4 is 15.0 Å². The predicted molar refractivity (Wildman–Crippen MR) is 117 cm³/mol. The molecule has 0 radical (unpaired) electrons. The maximum Gasteiger partial charge on any atom is 0.263 e. The van der Waals surface area contributed by atoms with E-state index in [0.29, 0.717) is 11.7 Å². The number of benzene rings is 1. The molecule has 1 aromatic carbocycles. The van der Waals surface area contributed by atoms with Gasteiger partial charge in [0.2, 0.25) is 12.6 Å². The van der Waals surface area contributed by atoms with Crippen molar-refractivity contribution in [3.8, 4) is 11.5 Å². The highest BCUT2D eigenvalue weighted by molar-refractivity contribution is 7.98. The third kappa shape index (κ3) is 2.68. The van der Waals surface area contributed by atoms with Gasteiger partial charge in [0, 0.05) is 17.7 Å². The topological polar surface area (TPSA) is 70.7 Å². The molecule has 1 aliphatic heterocycles. The second-order valence-electron chi connectivity index (χ2n) is 7.99. The Morgan fingerprint density at radius 1 is 1.27 bits per heavy atom. The summed E-state index contributed by atoms with van der Waals surface area (Å²) in [5, 5.41) is 10.4. The molecule has 3 aromatic heterocycles. The van der Waals surface area contributed by atoms with Gasteiger partial charge in [-0.05, 0) is 48.4 Å². The summed E-state index contributed by atoms with van der Waals surface area (Å²) < 4.78 is 14.6. The molecule has 4 aromatic rings. The lowest BCUT2D eigenvalue weighted by Gasteiger charge is -2.17. The Bertz CT molecular complexity index is 1370. The van der Waals surface area contributed by atoms with E-state index in [9.17, 15) is 4.79 Å². The van der Waals surface area contributed by atoms with Gasteiger partial charge in [-0.1, -0.05) is 24.8 Å². The number of fused-ring (bicyclic) bond motifs is 6. The van der Waals surface area contributed by atoms with Crippen LogP contribution in [0.2, 0.25) is 0 Å². The molecular formula is C21H20N4O3S2. The van der Waals surface area contributed by atoms with Crippen LogP contribution >= 0.6 is 23.1 Å². The molecule has 9 heteroatoms. The summed E-state index contributed by atoms with van der Waals surface area (Å²) in [5.41, 5.74) is 2.39. The van der Waals surface area contributed by atoms with Gasteiger partial charge in [0.05, 0.1) is 5.39 Å². The zero-order valence-corrected chi connectivity index (χ0v) is 18.3. The molecule has 30 heavy (non-hydrogen) atoms. The number of aryl methyl sites for hydroxylation is 2. The van der Waals surface area contributed by atoms with Crippen LogP contribution in [0.1, 0.15) is 29.3 Å². The smallest absolute Gasteiger partial charge is 0.263 e. The van der Waals surface area contributed by atoms with Crippen molar-refractivity contribution in [3.05, 3.63) is 44.6 Å². The number of thiophene rings is 1. The van der Waals surface area contributed by atoms with Crippen LogP contribution in [0, 0.1) is 5.92 Å². The minimum Gasteiger partial charge on any atom is -0.454 e. The maximum atomic E-state index is 13.1. The molecule has 4 heterocycles. The summed E-state index contributed by atoms with van der Waals surface area (Å²) in [6.07, 6.45) is 3.15. The molecule has 0 fully saturated rings. The summed E-state index contributed by atoms with van der Waals surface area (Å²) in [7, 11) is 1.79. The highest BCUT2D eigenvalue weighted by Gasteiger charge is 2.26. The number of hydrogen-bond donors (Lipinski definition) is 0. The zero-order valence-electron chi connectivity index (χ0n) is 16.7. The quantitative estimate of drug-likeness (QED) is 0.452. The lowest BCUT2D eigenvalue weighted by molar-refractivity contribution is 0.174. The third-order valence-corrected chi connectivity index (χ3v) is 8.18. The van der Waals surface area contributed by atoms with Crippen molar-refractivity contribution in [2.75, 3.05) is 6.79 Å². The first-order chi connectivity index (χ1) is 14.6. The van der Waals surface area contributed by atoms with Crippen molar-refractivity contribution in [2.24, 2.45) is 13.0 Å². The summed E-state index contributed by atoms with van der Waals surface area (Å²) in [4.78, 5) is 15.4. The van der Waals surface area contributed by atoms with E-state index in [2.05, 4.69) is 21.5 Å². The van der Waals surface area contributed by atoms with E-state index in [-0.39, 0.29) is 12.4 Å². The SMILES string of the molecule is C[C@H]1CCc2c(sc3c2c(=O)n(C)c2nnc(SCc4ccc5c(c4)OCO5)n32)C1. The Morgan fingerprint density at radius 2 is 2.13 bits per heavy atom. The maximum absolute atomic E-state index is 13.1. The zero-order chi connectivity index (χ0) is 20.4. The molecule has 7 nitrogen and oxygen atoms in total. The number of nitrogens with zero attached hydrogens (tertiary/aromatic N) is 4. The van der Waals surface area contributed by atoms with Crippen LogP contribution in [-0.2, 0) is 25.6 Å². The summed E-state index contributed by atoms with van der Waals surface area (Å²) in [6.45, 7) is 2.56. The van der Waals surface area contributed by atoms with Gasteiger partial charge in [0.1, 0.15) is 4.83 Å². The van der Waals surface area contributed by atoms with E-state index in [1.165, 1.54) is 10.4 Å². The van der Waals surface area contributed by atoms with Gasteiger partial charge in [-0.15, -0.1) is 21.5 Å². The van der Waals surface area contributed by atoms with Crippen molar-refractivity contribution in [1.82, 2.24) is 19.2 Å². The van der Waals surface area contributed by atoms with Gasteiger partial charge in [-0.3, -0.25) is 9.36 Å². The first kappa shape index (κ1) is 18.3. The number of rotatable bonds is 3. The fourth-order valence-electron chi connectivity index (χ4n) is 4.30. The van der Waals surface area contributed by atoms with E-state index >= 15 is 0 Å². The predicted octanol–water partition coefficient (Wildman–Crippen LogP) is 3.79. The lowest BCUT2D eigenvalue weighted by Crippen LogP contribution is -2.21. The number of aromatic nitrogens is 4. The van der Waals surface area contributed by atoms with Gasteiger partial charge in [0.25, 0.3) is 5.56 Å². The fourth-order valence-corrected chi connectivity index (χ4v) is 6.74. The fraction of sp³-hybridized carbons (Fsp3) is 0.381. The number of thioether (sulfide) groups is 1. The Labute approximate surface area is 180 Å². The van der Waals surface area contributed by atoms with Crippen LogP contribution in [0.3, 0.4) is 0 Å². The van der Waals surface area contributed by atoms with Crippen molar-refractivity contribution in [2.45, 2.75) is 37.1 Å². The molecule has 0 saturated heterocycles. The van der Waals surface area contributed by atoms with Crippen molar-refractivity contribution >= 4 is 39.1 Å². The molecule has 0 N–H and O–H groups in total. The van der Waals surface area contributed by atoms with Crippen LogP contribution in [0.15, 0.2) is 28.2 Å². The summed E-state index contributed by atoms with van der Waals surface area (Å²) in [5.74, 6) is 3.54. The molecule has 6 rings (SSSR count). The minimum atomic E-state index is 0.0317. The number of hydrogen-bond acceptors (Lipinski definition) is 7. The van der Waals surface area contributed by atoms with Crippen LogP contribution in [-0.4, -0.2) is 26.0 Å². The average Bonchev–Trinajstić information content (AvgIpc) is 3.45. The van der Waals surface area contributed by atoms with E-state index in [1.54, 1.807) is 34.7 Å². The first-order valence-corrected chi connectivity index (χ1v) is 11.8. The third-order valence-electron chi connectivity index (χ3n) is 5.94. The van der Waals surface area contributed by atoms with E-state index < -0.39 is 0 Å². The molecule has 1 aliphatic carbocycles. The lowest BCUT2D eigenvalue weighted by atomic mass is 9.89. The highest BCUT2D eigenvalue weighted by atomic mass is 32.2. The molecule has 0 spiro atoms. The largest absolute Gasteiger partial charge is 0.454 e. The second-order valence-corrected chi connectivity index (χ2v) is 10.0. The minimum absolute atomic E-state index is 0.0317. The van der Waals surface area contributed by atoms with Gasteiger partial charge in [-0.25, -0.2) is 4.40 Å². The Kier molecular flexibility index (Phi) is 4.11. The van der Waals surface area contributed by atoms with Crippen LogP contribution in [0.4, 0.5) is 0 Å². The molecule has 1 atom stereocenters. The normalized spacial score (nSPS) is 17.7. The molecule has 0 unspecified atom stereocenters. The molecule has 0 bridgehead atoms. The summed E-state index contributed by atoms with van der Waals surface area (Å²) >= 11 is 3.35. The standard InChI is InChI=1S/C21H20N4O3S2/c1-11-3-5-13-16(7-11)30-19-17(13)18(26)24(2)20-22-23-21(25(19)20)29-9-12-4-6-14-15(8-12)28-10-27-14/h4,6,8,11H,3,5,7,9-10H2,1-2H3/t11-/m0/s1. The molecule has 0 amide bonds. The van der Waals surface area contributed by atoms with Crippen molar-refractivity contribution in [1.29, 1.82) is 0 Å². The molecule has 154 valence electrons. The first-order valence-electron chi connectivity index (χ1n) is 10.00. The highest BCUT2D eigenvalue weighted by Crippen LogP contribution is 2.38. The van der Waals surface area contributed by atoms with Gasteiger partial charge >= 0.3 is 0 Å². The van der Waals surface area contributed by atoms with Crippen molar-refractivity contribution in [3.63, 3.8) is 0 Å². The Balaban J connectivity index is 1.45. The average molecular weight is 441 g/mol. The van der Waals surface area contributed by atoms with E-state index in [4.69, 9.17) is 9.47 Å². The van der Waals surface area contributed by atoms with Gasteiger partial charge in [-0.2, -0.15) is 0 Å². The summed E-state index contributed by atoms with van der Waals surface area (Å²) in [6, 6.07) is 5.99. The van der Waals surface area contributed by atoms with Gasteiger partial charge < -0.3 is 9.47 Å². The Morgan fingerprint density at radius 3 is 3.03 bits per heavy atom. The van der Waals surface area contributed by atoms with Crippen LogP contribution in [0.25, 0.3) is 16.0 Å². The van der Waals surface area contributed by atoms with Crippen molar-refractivity contribution < 1.29 is 9.47 Å². The molecule has 0 saturated carbocycles.